The second-order valence-corrected chi connectivity index (χ2v) is 5.45. The summed E-state index contributed by atoms with van der Waals surface area (Å²) in [6.45, 7) is 6.67. The lowest BCUT2D eigenvalue weighted by Crippen LogP contribution is -2.33. The van der Waals surface area contributed by atoms with Gasteiger partial charge in [-0.15, -0.1) is 14.8 Å². The van der Waals surface area contributed by atoms with E-state index in [9.17, 15) is 4.79 Å². The molecule has 1 amide bonds. The van der Waals surface area contributed by atoms with Crippen molar-refractivity contribution >= 4 is 17.6 Å². The van der Waals surface area contributed by atoms with Crippen molar-refractivity contribution < 1.29 is 9.53 Å². The molecule has 0 aliphatic rings. The van der Waals surface area contributed by atoms with E-state index in [2.05, 4.69) is 31.3 Å². The Morgan fingerprint density at radius 2 is 2.14 bits per heavy atom. The topological polar surface area (TPSA) is 106 Å². The van der Waals surface area contributed by atoms with E-state index < -0.39 is 11.7 Å². The lowest BCUT2D eigenvalue weighted by molar-refractivity contribution is 0.0528. The van der Waals surface area contributed by atoms with Gasteiger partial charge in [0, 0.05) is 13.1 Å². The van der Waals surface area contributed by atoms with Crippen molar-refractivity contribution in [2.45, 2.75) is 32.8 Å². The number of ether oxygens (including phenoxy) is 1. The third-order valence-electron chi connectivity index (χ3n) is 2.40. The summed E-state index contributed by atoms with van der Waals surface area (Å²) in [5.74, 6) is 0.673. The fraction of sp³-hybridized carbons (Fsp3) is 0.583. The molecular weight excluding hydrogens is 274 g/mol. The number of anilines is 1. The summed E-state index contributed by atoms with van der Waals surface area (Å²) in [5.41, 5.74) is 0.111. The number of fused-ring (bicyclic) bond motifs is 1. The average Bonchev–Trinajstić information content (AvgIpc) is 2.83. The molecule has 0 saturated carbocycles. The highest BCUT2D eigenvalue weighted by molar-refractivity contribution is 5.67. The summed E-state index contributed by atoms with van der Waals surface area (Å²) in [6.07, 6.45) is 0.338. The van der Waals surface area contributed by atoms with Crippen LogP contribution in [0.5, 0.6) is 0 Å². The zero-order valence-electron chi connectivity index (χ0n) is 12.3. The van der Waals surface area contributed by atoms with E-state index in [1.807, 2.05) is 20.8 Å². The van der Waals surface area contributed by atoms with Crippen LogP contribution in [0, 0.1) is 0 Å². The SMILES string of the molecule is CC(C)(C)OC(=O)NCCCNc1ccc2nnnn2n1. The lowest BCUT2D eigenvalue weighted by atomic mass is 10.2. The largest absolute Gasteiger partial charge is 0.444 e. The average molecular weight is 293 g/mol. The van der Waals surface area contributed by atoms with Crippen LogP contribution in [0.2, 0.25) is 0 Å². The van der Waals surface area contributed by atoms with Crippen LogP contribution in [0.15, 0.2) is 12.1 Å². The van der Waals surface area contributed by atoms with E-state index >= 15 is 0 Å². The van der Waals surface area contributed by atoms with Gasteiger partial charge in [0.2, 0.25) is 0 Å². The molecule has 2 aromatic heterocycles. The number of nitrogens with one attached hydrogen (secondary N) is 2. The van der Waals surface area contributed by atoms with Crippen molar-refractivity contribution in [3.63, 3.8) is 0 Å². The minimum Gasteiger partial charge on any atom is -0.444 e. The Morgan fingerprint density at radius 3 is 2.90 bits per heavy atom. The van der Waals surface area contributed by atoms with Crippen LogP contribution in [0.25, 0.3) is 5.65 Å². The maximum Gasteiger partial charge on any atom is 0.407 e. The molecule has 0 aliphatic heterocycles. The van der Waals surface area contributed by atoms with Gasteiger partial charge < -0.3 is 15.4 Å². The molecule has 9 nitrogen and oxygen atoms in total. The molecule has 0 unspecified atom stereocenters. The number of tetrazole rings is 1. The number of carbonyl (C=O) groups is 1. The molecule has 2 heterocycles. The van der Waals surface area contributed by atoms with Gasteiger partial charge in [-0.05, 0) is 49.8 Å². The highest BCUT2D eigenvalue weighted by Gasteiger charge is 2.15. The number of aromatic nitrogens is 5. The van der Waals surface area contributed by atoms with Crippen LogP contribution in [0.1, 0.15) is 27.2 Å². The predicted molar refractivity (Wildman–Crippen MR) is 75.9 cm³/mol. The van der Waals surface area contributed by atoms with Gasteiger partial charge in [-0.25, -0.2) is 4.79 Å². The summed E-state index contributed by atoms with van der Waals surface area (Å²) >= 11 is 0. The van der Waals surface area contributed by atoms with Gasteiger partial charge in [0.05, 0.1) is 0 Å². The molecule has 0 bridgehead atoms. The van der Waals surface area contributed by atoms with Gasteiger partial charge >= 0.3 is 6.09 Å². The van der Waals surface area contributed by atoms with E-state index in [4.69, 9.17) is 4.74 Å². The number of alkyl carbamates (subject to hydrolysis) is 1. The summed E-state index contributed by atoms with van der Waals surface area (Å²) in [5, 5.41) is 21.0. The Bertz CT molecular complexity index is 605. The minimum atomic E-state index is -0.479. The van der Waals surface area contributed by atoms with Crippen molar-refractivity contribution in [3.05, 3.63) is 12.1 Å². The van der Waals surface area contributed by atoms with Crippen molar-refractivity contribution in [1.82, 2.24) is 30.6 Å². The fourth-order valence-electron chi connectivity index (χ4n) is 1.55. The first-order chi connectivity index (χ1) is 9.94. The molecule has 0 saturated heterocycles. The molecule has 2 aromatic rings. The van der Waals surface area contributed by atoms with Crippen LogP contribution in [0.3, 0.4) is 0 Å². The van der Waals surface area contributed by atoms with Gasteiger partial charge in [0.15, 0.2) is 5.65 Å². The predicted octanol–water partition coefficient (Wildman–Crippen LogP) is 0.846. The Balaban J connectivity index is 1.66. The first-order valence-corrected chi connectivity index (χ1v) is 6.70. The zero-order chi connectivity index (χ0) is 15.3. The van der Waals surface area contributed by atoms with Crippen LogP contribution in [-0.2, 0) is 4.74 Å². The number of hydrogen-bond donors (Lipinski definition) is 2. The molecule has 0 fully saturated rings. The molecule has 21 heavy (non-hydrogen) atoms. The first-order valence-electron chi connectivity index (χ1n) is 6.70. The number of hydrogen-bond acceptors (Lipinski definition) is 7. The van der Waals surface area contributed by atoms with E-state index in [0.29, 0.717) is 24.6 Å². The van der Waals surface area contributed by atoms with Crippen molar-refractivity contribution in [2.24, 2.45) is 0 Å². The third kappa shape index (κ3) is 4.86. The van der Waals surface area contributed by atoms with E-state index in [0.717, 1.165) is 6.42 Å². The molecule has 9 heteroatoms. The number of carbonyl (C=O) groups excluding carboxylic acids is 1. The smallest absolute Gasteiger partial charge is 0.407 e. The highest BCUT2D eigenvalue weighted by Crippen LogP contribution is 2.06. The highest BCUT2D eigenvalue weighted by atomic mass is 16.6. The molecule has 0 atom stereocenters. The van der Waals surface area contributed by atoms with Gasteiger partial charge in [0.1, 0.15) is 11.4 Å². The number of rotatable bonds is 5. The van der Waals surface area contributed by atoms with Crippen LogP contribution < -0.4 is 10.6 Å². The minimum absolute atomic E-state index is 0.407. The van der Waals surface area contributed by atoms with Crippen molar-refractivity contribution in [2.75, 3.05) is 18.4 Å². The second kappa shape index (κ2) is 6.33. The first kappa shape index (κ1) is 14.9. The molecule has 0 spiro atoms. The molecule has 0 radical (unpaired) electrons. The fourth-order valence-corrected chi connectivity index (χ4v) is 1.55. The standard InChI is InChI=1S/C12H19N7O2/c1-12(2,3)21-11(20)14-8-4-7-13-9-5-6-10-15-17-18-19(10)16-9/h5-6H,4,7-8H2,1-3H3,(H,13,16)(H,14,20). The zero-order valence-corrected chi connectivity index (χ0v) is 12.3. The second-order valence-electron chi connectivity index (χ2n) is 5.45. The Hall–Kier alpha value is -2.45. The van der Waals surface area contributed by atoms with Crippen LogP contribution >= 0.6 is 0 Å². The Morgan fingerprint density at radius 1 is 1.33 bits per heavy atom. The van der Waals surface area contributed by atoms with Crippen LogP contribution in [-0.4, -0.2) is 50.0 Å². The maximum atomic E-state index is 11.4. The quantitative estimate of drug-likeness (QED) is 0.787. The normalized spacial score (nSPS) is 11.4. The number of amides is 1. The van der Waals surface area contributed by atoms with E-state index in [1.54, 1.807) is 12.1 Å². The number of nitrogens with zero attached hydrogens (tertiary/aromatic N) is 5. The summed E-state index contributed by atoms with van der Waals surface area (Å²) in [6, 6.07) is 3.57. The summed E-state index contributed by atoms with van der Waals surface area (Å²) in [4.78, 5) is 11.4. The third-order valence-corrected chi connectivity index (χ3v) is 2.40. The van der Waals surface area contributed by atoms with Gasteiger partial charge in [-0.1, -0.05) is 0 Å². The van der Waals surface area contributed by atoms with Gasteiger partial charge in [-0.3, -0.25) is 0 Å². The lowest BCUT2D eigenvalue weighted by Gasteiger charge is -2.19. The Labute approximate surface area is 122 Å². The molecule has 2 rings (SSSR count). The molecule has 0 aromatic carbocycles. The molecular formula is C12H19N7O2. The van der Waals surface area contributed by atoms with Crippen molar-refractivity contribution in [1.29, 1.82) is 0 Å². The maximum absolute atomic E-state index is 11.4. The van der Waals surface area contributed by atoms with Gasteiger partial charge in [0.25, 0.3) is 0 Å². The Kier molecular flexibility index (Phi) is 4.51. The van der Waals surface area contributed by atoms with E-state index in [1.165, 1.54) is 4.63 Å². The van der Waals surface area contributed by atoms with Crippen molar-refractivity contribution in [3.8, 4) is 0 Å². The molecule has 114 valence electrons. The summed E-state index contributed by atoms with van der Waals surface area (Å²) < 4.78 is 6.48. The summed E-state index contributed by atoms with van der Waals surface area (Å²) in [7, 11) is 0. The monoisotopic (exact) mass is 293 g/mol. The van der Waals surface area contributed by atoms with E-state index in [-0.39, 0.29) is 0 Å². The van der Waals surface area contributed by atoms with Gasteiger partial charge in [-0.2, -0.15) is 0 Å². The molecule has 0 aliphatic carbocycles. The van der Waals surface area contributed by atoms with Crippen LogP contribution in [0.4, 0.5) is 10.6 Å². The molecule has 2 N–H and O–H groups in total.